The van der Waals surface area contributed by atoms with E-state index < -0.39 is 16.6 Å². The summed E-state index contributed by atoms with van der Waals surface area (Å²) >= 11 is 6.08. The second-order valence-electron chi connectivity index (χ2n) is 4.77. The van der Waals surface area contributed by atoms with Crippen molar-refractivity contribution in [2.75, 3.05) is 7.11 Å². The fourth-order valence-electron chi connectivity index (χ4n) is 2.61. The lowest BCUT2D eigenvalue weighted by Crippen LogP contribution is -2.29. The van der Waals surface area contributed by atoms with Gasteiger partial charge in [-0.05, 0) is 19.3 Å². The van der Waals surface area contributed by atoms with Crippen molar-refractivity contribution in [3.8, 4) is 0 Å². The topological polar surface area (TPSA) is 38.8 Å². The molecule has 0 N–H and O–H groups in total. The van der Waals surface area contributed by atoms with E-state index >= 15 is 0 Å². The molecule has 1 heterocycles. The second kappa shape index (κ2) is 3.63. The summed E-state index contributed by atoms with van der Waals surface area (Å²) in [5, 5.41) is -1.22. The Morgan fingerprint density at radius 1 is 1.53 bits per heavy atom. The van der Waals surface area contributed by atoms with Crippen LogP contribution in [0.2, 0.25) is 0 Å². The Morgan fingerprint density at radius 3 is 2.67 bits per heavy atom. The molecule has 0 bridgehead atoms. The van der Waals surface area contributed by atoms with Crippen molar-refractivity contribution in [1.29, 1.82) is 0 Å². The van der Waals surface area contributed by atoms with Crippen LogP contribution in [0.15, 0.2) is 0 Å². The SMILES string of the molecule is COC(=O)C1(Cl)OC1(C)CC1CCCC1. The van der Waals surface area contributed by atoms with Crippen LogP contribution >= 0.6 is 11.6 Å². The van der Waals surface area contributed by atoms with Crippen LogP contribution in [0.5, 0.6) is 0 Å². The predicted octanol–water partition coefficient (Wildman–Crippen LogP) is 2.46. The summed E-state index contributed by atoms with van der Waals surface area (Å²) in [5.41, 5.74) is -0.517. The minimum atomic E-state index is -1.22. The normalized spacial score (nSPS) is 40.5. The standard InChI is InChI=1S/C11H17ClO3/c1-10(7-8-5-3-4-6-8)11(12,15-10)9(13)14-2/h8H,3-7H2,1-2H3. The average molecular weight is 233 g/mol. The van der Waals surface area contributed by atoms with Gasteiger partial charge in [0.25, 0.3) is 5.06 Å². The van der Waals surface area contributed by atoms with Crippen molar-refractivity contribution in [1.82, 2.24) is 0 Å². The lowest BCUT2D eigenvalue weighted by Gasteiger charge is -2.13. The molecule has 0 aromatic heterocycles. The van der Waals surface area contributed by atoms with Gasteiger partial charge in [-0.15, -0.1) is 0 Å². The Kier molecular flexibility index (Phi) is 2.72. The average Bonchev–Trinajstić information content (AvgIpc) is 2.60. The molecule has 2 aliphatic rings. The highest BCUT2D eigenvalue weighted by atomic mass is 35.5. The molecule has 2 fully saturated rings. The van der Waals surface area contributed by atoms with E-state index in [1.807, 2.05) is 6.92 Å². The van der Waals surface area contributed by atoms with Crippen LogP contribution in [0.1, 0.15) is 39.0 Å². The number of halogens is 1. The summed E-state index contributed by atoms with van der Waals surface area (Å²) in [6, 6.07) is 0. The lowest BCUT2D eigenvalue weighted by molar-refractivity contribution is -0.143. The molecule has 0 amide bonds. The van der Waals surface area contributed by atoms with Gasteiger partial charge < -0.3 is 9.47 Å². The molecule has 0 aromatic rings. The van der Waals surface area contributed by atoms with E-state index in [1.165, 1.54) is 32.8 Å². The second-order valence-corrected chi connectivity index (χ2v) is 5.31. The number of rotatable bonds is 3. The van der Waals surface area contributed by atoms with Crippen molar-refractivity contribution >= 4 is 17.6 Å². The maximum absolute atomic E-state index is 11.4. The minimum absolute atomic E-state index is 0.468. The molecule has 1 saturated heterocycles. The van der Waals surface area contributed by atoms with Crippen LogP contribution in [0, 0.1) is 5.92 Å². The van der Waals surface area contributed by atoms with Crippen molar-refractivity contribution in [3.05, 3.63) is 0 Å². The molecule has 2 atom stereocenters. The minimum Gasteiger partial charge on any atom is -0.466 e. The number of carbonyl (C=O) groups is 1. The van der Waals surface area contributed by atoms with Crippen LogP contribution in [0.25, 0.3) is 0 Å². The number of hydrogen-bond acceptors (Lipinski definition) is 3. The summed E-state index contributed by atoms with van der Waals surface area (Å²) < 4.78 is 10.0. The van der Waals surface area contributed by atoms with E-state index in [9.17, 15) is 4.79 Å². The molecule has 0 spiro atoms. The number of epoxide rings is 1. The van der Waals surface area contributed by atoms with E-state index in [0.29, 0.717) is 5.92 Å². The molecule has 4 heteroatoms. The van der Waals surface area contributed by atoms with Gasteiger partial charge in [0.05, 0.1) is 7.11 Å². The Morgan fingerprint density at radius 2 is 2.13 bits per heavy atom. The summed E-state index contributed by atoms with van der Waals surface area (Å²) in [4.78, 5) is 11.4. The van der Waals surface area contributed by atoms with Gasteiger partial charge in [0.2, 0.25) is 0 Å². The number of hydrogen-bond donors (Lipinski definition) is 0. The maximum atomic E-state index is 11.4. The molecule has 2 rings (SSSR count). The third kappa shape index (κ3) is 1.76. The first-order valence-electron chi connectivity index (χ1n) is 5.49. The maximum Gasteiger partial charge on any atom is 0.357 e. The molecule has 3 nitrogen and oxygen atoms in total. The van der Waals surface area contributed by atoms with Crippen LogP contribution in [-0.4, -0.2) is 23.7 Å². The summed E-state index contributed by atoms with van der Waals surface area (Å²) in [7, 11) is 1.34. The zero-order valence-corrected chi connectivity index (χ0v) is 9.97. The van der Waals surface area contributed by atoms with Gasteiger partial charge in [0.1, 0.15) is 5.60 Å². The number of alkyl halides is 1. The van der Waals surface area contributed by atoms with Crippen molar-refractivity contribution < 1.29 is 14.3 Å². The monoisotopic (exact) mass is 232 g/mol. The number of esters is 1. The molecular weight excluding hydrogens is 216 g/mol. The van der Waals surface area contributed by atoms with Crippen LogP contribution in [-0.2, 0) is 14.3 Å². The Hall–Kier alpha value is -0.280. The molecule has 86 valence electrons. The number of ether oxygens (including phenoxy) is 2. The van der Waals surface area contributed by atoms with Gasteiger partial charge in [-0.3, -0.25) is 0 Å². The van der Waals surface area contributed by atoms with Gasteiger partial charge >= 0.3 is 5.97 Å². The molecule has 2 unspecified atom stereocenters. The highest BCUT2D eigenvalue weighted by Gasteiger charge is 2.72. The van der Waals surface area contributed by atoms with E-state index in [1.54, 1.807) is 0 Å². The Balaban J connectivity index is 1.96. The molecule has 1 aliphatic heterocycles. The Bertz CT molecular complexity index is 275. The number of carbonyl (C=O) groups excluding carboxylic acids is 1. The van der Waals surface area contributed by atoms with Crippen molar-refractivity contribution in [2.45, 2.75) is 49.7 Å². The fraction of sp³-hybridized carbons (Fsp3) is 0.909. The quantitative estimate of drug-likeness (QED) is 0.426. The Labute approximate surface area is 95.1 Å². The van der Waals surface area contributed by atoms with Crippen LogP contribution in [0.3, 0.4) is 0 Å². The highest BCUT2D eigenvalue weighted by Crippen LogP contribution is 2.56. The van der Waals surface area contributed by atoms with Crippen LogP contribution in [0.4, 0.5) is 0 Å². The third-order valence-electron chi connectivity index (χ3n) is 3.61. The van der Waals surface area contributed by atoms with E-state index in [4.69, 9.17) is 16.3 Å². The lowest BCUT2D eigenvalue weighted by atomic mass is 9.92. The van der Waals surface area contributed by atoms with E-state index in [0.717, 1.165) is 6.42 Å². The fourth-order valence-corrected chi connectivity index (χ4v) is 2.94. The first-order valence-corrected chi connectivity index (χ1v) is 5.87. The predicted molar refractivity (Wildman–Crippen MR) is 56.7 cm³/mol. The molecule has 1 saturated carbocycles. The van der Waals surface area contributed by atoms with Crippen molar-refractivity contribution in [3.63, 3.8) is 0 Å². The molecule has 0 aromatic carbocycles. The smallest absolute Gasteiger partial charge is 0.357 e. The zero-order valence-electron chi connectivity index (χ0n) is 9.22. The van der Waals surface area contributed by atoms with Gasteiger partial charge in [0.15, 0.2) is 0 Å². The summed E-state index contributed by atoms with van der Waals surface area (Å²) in [6.45, 7) is 1.90. The summed E-state index contributed by atoms with van der Waals surface area (Å²) in [6.07, 6.45) is 5.90. The van der Waals surface area contributed by atoms with Crippen molar-refractivity contribution in [2.24, 2.45) is 5.92 Å². The van der Waals surface area contributed by atoms with Gasteiger partial charge in [-0.1, -0.05) is 37.3 Å². The molecule has 15 heavy (non-hydrogen) atoms. The zero-order chi connectivity index (χ0) is 11.1. The van der Waals surface area contributed by atoms with Gasteiger partial charge in [-0.25, -0.2) is 4.79 Å². The van der Waals surface area contributed by atoms with Gasteiger partial charge in [-0.2, -0.15) is 0 Å². The summed E-state index contributed by atoms with van der Waals surface area (Å²) in [5.74, 6) is 0.185. The van der Waals surface area contributed by atoms with Gasteiger partial charge in [0, 0.05) is 0 Å². The molecule has 1 aliphatic carbocycles. The number of methoxy groups -OCH3 is 1. The third-order valence-corrected chi connectivity index (χ3v) is 4.24. The highest BCUT2D eigenvalue weighted by molar-refractivity contribution is 6.35. The van der Waals surface area contributed by atoms with E-state index in [2.05, 4.69) is 4.74 Å². The molecule has 0 radical (unpaired) electrons. The molecular formula is C11H17ClO3. The first-order chi connectivity index (χ1) is 7.02. The first kappa shape index (κ1) is 11.2. The van der Waals surface area contributed by atoms with Crippen LogP contribution < -0.4 is 0 Å². The van der Waals surface area contributed by atoms with E-state index in [-0.39, 0.29) is 0 Å². The largest absolute Gasteiger partial charge is 0.466 e.